The van der Waals surface area contributed by atoms with Gasteiger partial charge >= 0.3 is 0 Å². The van der Waals surface area contributed by atoms with Gasteiger partial charge in [-0.25, -0.2) is 4.39 Å². The Balaban J connectivity index is 2.27. The number of halogens is 1. The van der Waals surface area contributed by atoms with Crippen molar-refractivity contribution < 1.29 is 19.0 Å². The van der Waals surface area contributed by atoms with Gasteiger partial charge in [0, 0.05) is 6.54 Å². The van der Waals surface area contributed by atoms with Gasteiger partial charge in [0.25, 0.3) is 5.91 Å². The lowest BCUT2D eigenvalue weighted by Gasteiger charge is -2.31. The fourth-order valence-corrected chi connectivity index (χ4v) is 1.68. The molecule has 1 aliphatic rings. The van der Waals surface area contributed by atoms with E-state index in [1.54, 1.807) is 12.1 Å². The Hall–Kier alpha value is -1.46. The summed E-state index contributed by atoms with van der Waals surface area (Å²) in [7, 11) is 0. The molecule has 0 radical (unpaired) electrons. The Kier molecular flexibility index (Phi) is 3.17. The molecule has 0 aliphatic carbocycles. The first-order chi connectivity index (χ1) is 7.74. The normalized spacial score (nSPS) is 21.2. The summed E-state index contributed by atoms with van der Waals surface area (Å²) in [6.07, 6.45) is -0.881. The summed E-state index contributed by atoms with van der Waals surface area (Å²) >= 11 is 0. The fraction of sp³-hybridized carbons (Fsp3) is 0.364. The molecule has 0 saturated carbocycles. The summed E-state index contributed by atoms with van der Waals surface area (Å²) in [5.74, 6) is -0.853. The van der Waals surface area contributed by atoms with Crippen LogP contribution in [-0.4, -0.2) is 36.9 Å². The number of aliphatic hydroxyl groups is 1. The van der Waals surface area contributed by atoms with Crippen molar-refractivity contribution in [3.8, 4) is 0 Å². The lowest BCUT2D eigenvalue weighted by Crippen LogP contribution is -2.49. The number of hydrogen-bond donors (Lipinski definition) is 1. The van der Waals surface area contributed by atoms with Crippen molar-refractivity contribution in [2.45, 2.75) is 6.10 Å². The van der Waals surface area contributed by atoms with Crippen molar-refractivity contribution in [3.63, 3.8) is 0 Å². The Bertz CT molecular complexity index is 397. The number of rotatable bonds is 2. The van der Waals surface area contributed by atoms with E-state index in [1.807, 2.05) is 0 Å². The number of morpholine rings is 1. The minimum atomic E-state index is -0.881. The van der Waals surface area contributed by atoms with E-state index in [0.717, 1.165) is 0 Å². The van der Waals surface area contributed by atoms with Gasteiger partial charge in [-0.1, -0.05) is 12.1 Å². The lowest BCUT2D eigenvalue weighted by molar-refractivity contribution is -0.136. The minimum absolute atomic E-state index is 0.231. The molecule has 0 spiro atoms. The predicted molar refractivity (Wildman–Crippen MR) is 55.6 cm³/mol. The molecular weight excluding hydrogens is 213 g/mol. The largest absolute Gasteiger partial charge is 0.393 e. The summed E-state index contributed by atoms with van der Waals surface area (Å²) in [6.45, 7) is 0.214. The maximum Gasteiger partial charge on any atom is 0.258 e. The first kappa shape index (κ1) is 11.0. The molecule has 4 nitrogen and oxygen atoms in total. The maximum absolute atomic E-state index is 13.5. The smallest absolute Gasteiger partial charge is 0.258 e. The topological polar surface area (TPSA) is 49.8 Å². The van der Waals surface area contributed by atoms with Crippen LogP contribution in [0.25, 0.3) is 0 Å². The highest BCUT2D eigenvalue weighted by molar-refractivity contribution is 5.97. The molecule has 86 valence electrons. The van der Waals surface area contributed by atoms with Crippen LogP contribution in [0, 0.1) is 5.82 Å². The number of para-hydroxylation sites is 1. The molecular formula is C11H12FNO3. The quantitative estimate of drug-likeness (QED) is 0.799. The third-order valence-corrected chi connectivity index (χ3v) is 2.48. The van der Waals surface area contributed by atoms with E-state index in [2.05, 4.69) is 0 Å². The van der Waals surface area contributed by atoms with Crippen LogP contribution < -0.4 is 4.90 Å². The summed E-state index contributed by atoms with van der Waals surface area (Å²) < 4.78 is 18.5. The Morgan fingerprint density at radius 3 is 2.94 bits per heavy atom. The summed E-state index contributed by atoms with van der Waals surface area (Å²) in [5, 5.41) is 8.93. The number of carbonyl (C=O) groups excluding carboxylic acids is 1. The predicted octanol–water partition coefficient (Wildman–Crippen LogP) is 0.550. The van der Waals surface area contributed by atoms with Crippen LogP contribution in [0.4, 0.5) is 10.1 Å². The van der Waals surface area contributed by atoms with Gasteiger partial charge in [-0.2, -0.15) is 0 Å². The molecule has 1 heterocycles. The Labute approximate surface area is 92.2 Å². The van der Waals surface area contributed by atoms with Crippen LogP contribution in [0.1, 0.15) is 0 Å². The number of hydrogen-bond acceptors (Lipinski definition) is 3. The summed E-state index contributed by atoms with van der Waals surface area (Å²) in [6, 6.07) is 6.06. The molecule has 1 aliphatic heterocycles. The van der Waals surface area contributed by atoms with E-state index < -0.39 is 17.8 Å². The molecule has 1 aromatic carbocycles. The molecule has 1 saturated heterocycles. The molecule has 1 amide bonds. The number of aliphatic hydroxyl groups excluding tert-OH is 1. The van der Waals surface area contributed by atoms with Gasteiger partial charge in [-0.05, 0) is 12.1 Å². The van der Waals surface area contributed by atoms with Crippen LogP contribution in [0.5, 0.6) is 0 Å². The molecule has 1 fully saturated rings. The fourth-order valence-electron chi connectivity index (χ4n) is 1.68. The third kappa shape index (κ3) is 1.91. The molecule has 5 heteroatoms. The highest BCUT2D eigenvalue weighted by Gasteiger charge is 2.30. The Morgan fingerprint density at radius 1 is 1.50 bits per heavy atom. The third-order valence-electron chi connectivity index (χ3n) is 2.48. The summed E-state index contributed by atoms with van der Waals surface area (Å²) in [4.78, 5) is 13.1. The zero-order valence-electron chi connectivity index (χ0n) is 8.60. The van der Waals surface area contributed by atoms with Crippen molar-refractivity contribution in [2.24, 2.45) is 0 Å². The summed E-state index contributed by atoms with van der Waals surface area (Å²) in [5.41, 5.74) is 0.231. The van der Waals surface area contributed by atoms with Crippen molar-refractivity contribution in [3.05, 3.63) is 30.1 Å². The molecule has 1 aromatic rings. The zero-order chi connectivity index (χ0) is 11.5. The van der Waals surface area contributed by atoms with E-state index in [0.29, 0.717) is 13.2 Å². The first-order valence-electron chi connectivity index (χ1n) is 5.02. The van der Waals surface area contributed by atoms with Gasteiger partial charge in [-0.3, -0.25) is 4.79 Å². The van der Waals surface area contributed by atoms with Gasteiger partial charge < -0.3 is 14.7 Å². The van der Waals surface area contributed by atoms with Crippen LogP contribution >= 0.6 is 0 Å². The van der Waals surface area contributed by atoms with Crippen molar-refractivity contribution in [1.82, 2.24) is 0 Å². The van der Waals surface area contributed by atoms with Gasteiger partial charge in [0.05, 0.1) is 18.9 Å². The monoisotopic (exact) mass is 225 g/mol. The van der Waals surface area contributed by atoms with Gasteiger partial charge in [0.2, 0.25) is 0 Å². The van der Waals surface area contributed by atoms with E-state index >= 15 is 0 Å². The first-order valence-corrected chi connectivity index (χ1v) is 5.02. The average Bonchev–Trinajstić information content (AvgIpc) is 2.31. The van der Waals surface area contributed by atoms with E-state index in [4.69, 9.17) is 9.84 Å². The number of benzene rings is 1. The minimum Gasteiger partial charge on any atom is -0.393 e. The number of carbonyl (C=O) groups is 1. The molecule has 1 atom stereocenters. The number of ether oxygens (including phenoxy) is 1. The van der Waals surface area contributed by atoms with E-state index in [-0.39, 0.29) is 12.3 Å². The molecule has 16 heavy (non-hydrogen) atoms. The average molecular weight is 225 g/mol. The highest BCUT2D eigenvalue weighted by atomic mass is 19.1. The second-order valence-electron chi connectivity index (χ2n) is 3.48. The van der Waals surface area contributed by atoms with Crippen LogP contribution in [-0.2, 0) is 9.53 Å². The second kappa shape index (κ2) is 4.59. The Morgan fingerprint density at radius 2 is 2.25 bits per heavy atom. The number of nitrogens with zero attached hydrogens (tertiary/aromatic N) is 1. The van der Waals surface area contributed by atoms with Crippen LogP contribution in [0.2, 0.25) is 0 Å². The zero-order valence-corrected chi connectivity index (χ0v) is 8.60. The van der Waals surface area contributed by atoms with E-state index in [9.17, 15) is 9.18 Å². The molecule has 1 N–H and O–H groups in total. The number of anilines is 1. The molecule has 2 rings (SSSR count). The van der Waals surface area contributed by atoms with Crippen molar-refractivity contribution in [2.75, 3.05) is 24.7 Å². The highest BCUT2D eigenvalue weighted by Crippen LogP contribution is 2.21. The molecule has 1 unspecified atom stereocenters. The maximum atomic E-state index is 13.5. The standard InChI is InChI=1S/C11H12FNO3/c12-8-3-1-2-4-9(8)13-5-6-16-10(7-14)11(13)15/h1-4,10,14H,5-7H2. The van der Waals surface area contributed by atoms with Gasteiger partial charge in [-0.15, -0.1) is 0 Å². The van der Waals surface area contributed by atoms with E-state index in [1.165, 1.54) is 17.0 Å². The molecule has 0 aromatic heterocycles. The number of amides is 1. The van der Waals surface area contributed by atoms with Gasteiger partial charge in [0.15, 0.2) is 6.10 Å². The van der Waals surface area contributed by atoms with Gasteiger partial charge in [0.1, 0.15) is 5.82 Å². The molecule has 0 bridgehead atoms. The second-order valence-corrected chi connectivity index (χ2v) is 3.48. The van der Waals surface area contributed by atoms with Crippen molar-refractivity contribution in [1.29, 1.82) is 0 Å². The van der Waals surface area contributed by atoms with Crippen LogP contribution in [0.15, 0.2) is 24.3 Å². The SMILES string of the molecule is O=C1C(CO)OCCN1c1ccccc1F. The van der Waals surface area contributed by atoms with Crippen LogP contribution in [0.3, 0.4) is 0 Å². The lowest BCUT2D eigenvalue weighted by atomic mass is 10.2. The van der Waals surface area contributed by atoms with Crippen molar-refractivity contribution >= 4 is 11.6 Å².